The van der Waals surface area contributed by atoms with Gasteiger partial charge in [-0.15, -0.1) is 0 Å². The van der Waals surface area contributed by atoms with Crippen LogP contribution in [0.4, 0.5) is 0 Å². The van der Waals surface area contributed by atoms with E-state index in [4.69, 9.17) is 4.42 Å². The highest BCUT2D eigenvalue weighted by molar-refractivity contribution is 5.78. The van der Waals surface area contributed by atoms with Gasteiger partial charge in [0.2, 0.25) is 0 Å². The van der Waals surface area contributed by atoms with Crippen LogP contribution >= 0.6 is 0 Å². The normalized spacial score (nSPS) is 19.5. The van der Waals surface area contributed by atoms with Gasteiger partial charge >= 0.3 is 0 Å². The molecule has 2 nitrogen and oxygen atoms in total. The van der Waals surface area contributed by atoms with E-state index in [2.05, 4.69) is 19.9 Å². The van der Waals surface area contributed by atoms with Gasteiger partial charge in [0.05, 0.1) is 0 Å². The molecule has 1 aliphatic carbocycles. The summed E-state index contributed by atoms with van der Waals surface area (Å²) < 4.78 is 5.73. The molecule has 90 valence electrons. The molecular formula is C15H18O2. The monoisotopic (exact) mass is 230 g/mol. The van der Waals surface area contributed by atoms with Crippen LogP contribution in [0.25, 0.3) is 11.0 Å². The summed E-state index contributed by atoms with van der Waals surface area (Å²) in [6.45, 7) is 4.18. The SMILES string of the molecule is Cc1ccc2oc(C(O)C(C)C3CC3)cc2c1. The first-order valence-corrected chi connectivity index (χ1v) is 6.33. The third kappa shape index (κ3) is 1.98. The second-order valence-electron chi connectivity index (χ2n) is 5.33. The Bertz CT molecular complexity index is 537. The molecule has 1 N–H and O–H groups in total. The van der Waals surface area contributed by atoms with E-state index in [-0.39, 0.29) is 0 Å². The molecule has 1 saturated carbocycles. The summed E-state index contributed by atoms with van der Waals surface area (Å²) in [5.74, 6) is 1.70. The van der Waals surface area contributed by atoms with Crippen molar-refractivity contribution in [1.29, 1.82) is 0 Å². The van der Waals surface area contributed by atoms with Gasteiger partial charge in [0, 0.05) is 5.39 Å². The zero-order valence-corrected chi connectivity index (χ0v) is 10.3. The van der Waals surface area contributed by atoms with Gasteiger partial charge in [0.1, 0.15) is 17.4 Å². The summed E-state index contributed by atoms with van der Waals surface area (Å²) in [5, 5.41) is 11.4. The third-order valence-corrected chi connectivity index (χ3v) is 3.85. The molecule has 2 aromatic rings. The van der Waals surface area contributed by atoms with Crippen LogP contribution in [-0.4, -0.2) is 5.11 Å². The van der Waals surface area contributed by atoms with Crippen LogP contribution in [-0.2, 0) is 0 Å². The number of hydrogen-bond donors (Lipinski definition) is 1. The predicted octanol–water partition coefficient (Wildman–Crippen LogP) is 3.82. The zero-order chi connectivity index (χ0) is 12.0. The number of aliphatic hydroxyl groups is 1. The van der Waals surface area contributed by atoms with Gasteiger partial charge in [-0.05, 0) is 49.8 Å². The Morgan fingerprint density at radius 2 is 2.06 bits per heavy atom. The number of rotatable bonds is 3. The molecule has 0 aliphatic heterocycles. The van der Waals surface area contributed by atoms with Crippen molar-refractivity contribution in [3.8, 4) is 0 Å². The molecule has 17 heavy (non-hydrogen) atoms. The van der Waals surface area contributed by atoms with E-state index in [0.29, 0.717) is 17.6 Å². The highest BCUT2D eigenvalue weighted by Gasteiger charge is 2.34. The third-order valence-electron chi connectivity index (χ3n) is 3.85. The highest BCUT2D eigenvalue weighted by atomic mass is 16.4. The van der Waals surface area contributed by atoms with Gasteiger partial charge in [0.15, 0.2) is 0 Å². The van der Waals surface area contributed by atoms with Crippen molar-refractivity contribution in [3.63, 3.8) is 0 Å². The molecule has 3 rings (SSSR count). The van der Waals surface area contributed by atoms with E-state index in [9.17, 15) is 5.11 Å². The number of aryl methyl sites for hydroxylation is 1. The average molecular weight is 230 g/mol. The molecule has 2 heteroatoms. The second kappa shape index (κ2) is 3.88. The number of benzene rings is 1. The lowest BCUT2D eigenvalue weighted by molar-refractivity contribution is 0.0853. The Hall–Kier alpha value is -1.28. The lowest BCUT2D eigenvalue weighted by atomic mass is 9.97. The molecule has 0 radical (unpaired) electrons. The molecule has 1 aromatic heterocycles. The largest absolute Gasteiger partial charge is 0.458 e. The molecule has 0 spiro atoms. The van der Waals surface area contributed by atoms with Gasteiger partial charge in [-0.25, -0.2) is 0 Å². The van der Waals surface area contributed by atoms with Gasteiger partial charge in [0.25, 0.3) is 0 Å². The Labute approximate surface area is 101 Å². The van der Waals surface area contributed by atoms with E-state index < -0.39 is 6.10 Å². The van der Waals surface area contributed by atoms with Crippen molar-refractivity contribution in [1.82, 2.24) is 0 Å². The van der Waals surface area contributed by atoms with Crippen LogP contribution in [0, 0.1) is 18.8 Å². The van der Waals surface area contributed by atoms with Crippen molar-refractivity contribution in [2.24, 2.45) is 11.8 Å². The maximum absolute atomic E-state index is 10.3. The topological polar surface area (TPSA) is 33.4 Å². The van der Waals surface area contributed by atoms with Crippen LogP contribution in [0.15, 0.2) is 28.7 Å². The minimum Gasteiger partial charge on any atom is -0.458 e. The van der Waals surface area contributed by atoms with Crippen molar-refractivity contribution < 1.29 is 9.52 Å². The van der Waals surface area contributed by atoms with Crippen LogP contribution in [0.5, 0.6) is 0 Å². The lowest BCUT2D eigenvalue weighted by Crippen LogP contribution is -2.10. The molecule has 0 amide bonds. The van der Waals surface area contributed by atoms with Crippen molar-refractivity contribution in [2.45, 2.75) is 32.8 Å². The summed E-state index contributed by atoms with van der Waals surface area (Å²) in [6, 6.07) is 8.08. The molecule has 0 saturated heterocycles. The van der Waals surface area contributed by atoms with E-state index in [1.165, 1.54) is 18.4 Å². The molecule has 2 atom stereocenters. The van der Waals surface area contributed by atoms with E-state index in [1.54, 1.807) is 0 Å². The standard InChI is InChI=1S/C15H18O2/c1-9-3-6-13-12(7-9)8-14(17-13)15(16)10(2)11-4-5-11/h3,6-8,10-11,15-16H,4-5H2,1-2H3. The fourth-order valence-corrected chi connectivity index (χ4v) is 2.47. The smallest absolute Gasteiger partial charge is 0.134 e. The first kappa shape index (κ1) is 10.8. The molecule has 1 aliphatic rings. The predicted molar refractivity (Wildman–Crippen MR) is 67.8 cm³/mol. The molecule has 0 bridgehead atoms. The van der Waals surface area contributed by atoms with E-state index in [0.717, 1.165) is 11.0 Å². The summed E-state index contributed by atoms with van der Waals surface area (Å²) in [4.78, 5) is 0. The molecule has 1 aromatic carbocycles. The minimum atomic E-state index is -0.463. The van der Waals surface area contributed by atoms with Crippen LogP contribution in [0.2, 0.25) is 0 Å². The summed E-state index contributed by atoms with van der Waals surface area (Å²) in [5.41, 5.74) is 2.09. The first-order valence-electron chi connectivity index (χ1n) is 6.33. The Morgan fingerprint density at radius 1 is 1.29 bits per heavy atom. The van der Waals surface area contributed by atoms with Gasteiger partial charge in [-0.3, -0.25) is 0 Å². The Morgan fingerprint density at radius 3 is 2.76 bits per heavy atom. The Kier molecular flexibility index (Phi) is 2.48. The van der Waals surface area contributed by atoms with E-state index in [1.807, 2.05) is 18.2 Å². The fourth-order valence-electron chi connectivity index (χ4n) is 2.47. The minimum absolute atomic E-state index is 0.302. The van der Waals surface area contributed by atoms with Crippen molar-refractivity contribution in [3.05, 3.63) is 35.6 Å². The van der Waals surface area contributed by atoms with Crippen LogP contribution in [0.1, 0.15) is 37.2 Å². The molecule has 1 heterocycles. The quantitative estimate of drug-likeness (QED) is 0.869. The van der Waals surface area contributed by atoms with E-state index >= 15 is 0 Å². The first-order chi connectivity index (χ1) is 8.15. The maximum Gasteiger partial charge on any atom is 0.134 e. The summed E-state index contributed by atoms with van der Waals surface area (Å²) >= 11 is 0. The van der Waals surface area contributed by atoms with Crippen LogP contribution in [0.3, 0.4) is 0 Å². The van der Waals surface area contributed by atoms with Crippen molar-refractivity contribution >= 4 is 11.0 Å². The summed E-state index contributed by atoms with van der Waals surface area (Å²) in [7, 11) is 0. The van der Waals surface area contributed by atoms with Gasteiger partial charge < -0.3 is 9.52 Å². The lowest BCUT2D eigenvalue weighted by Gasteiger charge is -2.15. The molecule has 1 fully saturated rings. The summed E-state index contributed by atoms with van der Waals surface area (Å²) in [6.07, 6.45) is 2.03. The fraction of sp³-hybridized carbons (Fsp3) is 0.467. The number of hydrogen-bond acceptors (Lipinski definition) is 2. The number of furan rings is 1. The number of aliphatic hydroxyl groups excluding tert-OH is 1. The highest BCUT2D eigenvalue weighted by Crippen LogP contribution is 2.43. The molecule has 2 unspecified atom stereocenters. The number of fused-ring (bicyclic) bond motifs is 1. The zero-order valence-electron chi connectivity index (χ0n) is 10.3. The average Bonchev–Trinajstić information content (AvgIpc) is 3.07. The second-order valence-corrected chi connectivity index (χ2v) is 5.33. The maximum atomic E-state index is 10.3. The van der Waals surface area contributed by atoms with Crippen molar-refractivity contribution in [2.75, 3.05) is 0 Å². The van der Waals surface area contributed by atoms with Crippen LogP contribution < -0.4 is 0 Å². The van der Waals surface area contributed by atoms with Gasteiger partial charge in [-0.2, -0.15) is 0 Å². The van der Waals surface area contributed by atoms with Gasteiger partial charge in [-0.1, -0.05) is 18.6 Å². The Balaban J connectivity index is 1.94. The molecular weight excluding hydrogens is 212 g/mol.